The minimum absolute atomic E-state index is 0.301. The number of anilines is 1. The molecule has 8 heteroatoms. The molecule has 0 saturated carbocycles. The van der Waals surface area contributed by atoms with Crippen LogP contribution in [0.5, 0.6) is 0 Å². The van der Waals surface area contributed by atoms with Crippen molar-refractivity contribution in [3.05, 3.63) is 35.7 Å². The molecule has 0 spiro atoms. The van der Waals surface area contributed by atoms with Crippen molar-refractivity contribution in [1.82, 2.24) is 24.9 Å². The van der Waals surface area contributed by atoms with Crippen molar-refractivity contribution < 1.29 is 4.42 Å². The van der Waals surface area contributed by atoms with E-state index in [9.17, 15) is 0 Å². The molecule has 0 amide bonds. The summed E-state index contributed by atoms with van der Waals surface area (Å²) in [4.78, 5) is 9.26. The number of aryl methyl sites for hydroxylation is 1. The first kappa shape index (κ1) is 17.6. The Kier molecular flexibility index (Phi) is 4.52. The predicted molar refractivity (Wildman–Crippen MR) is 107 cm³/mol. The van der Waals surface area contributed by atoms with Gasteiger partial charge in [-0.2, -0.15) is 4.98 Å². The summed E-state index contributed by atoms with van der Waals surface area (Å²) in [7, 11) is 0. The molecular weight excluding hydrogens is 354 g/mol. The molecule has 2 N–H and O–H groups in total. The number of nitrogens with zero attached hydrogens (tertiary/aromatic N) is 6. The number of piperidine rings is 1. The highest BCUT2D eigenvalue weighted by Crippen LogP contribution is 2.28. The number of fused-ring (bicyclic) bond motifs is 1. The maximum Gasteiger partial charge on any atom is 0.298 e. The van der Waals surface area contributed by atoms with Crippen LogP contribution < -0.4 is 10.6 Å². The highest BCUT2D eigenvalue weighted by Gasteiger charge is 2.25. The maximum atomic E-state index is 5.99. The molecule has 0 bridgehead atoms. The second kappa shape index (κ2) is 7.18. The van der Waals surface area contributed by atoms with E-state index in [2.05, 4.69) is 50.3 Å². The molecule has 1 aromatic carbocycles. The van der Waals surface area contributed by atoms with Crippen LogP contribution >= 0.6 is 0 Å². The van der Waals surface area contributed by atoms with Crippen molar-refractivity contribution in [1.29, 1.82) is 0 Å². The van der Waals surface area contributed by atoms with Crippen LogP contribution in [-0.2, 0) is 6.54 Å². The normalized spacial score (nSPS) is 21.8. The SMILES string of the molecule is Cc1ccc2oc(N3CCC(n4cc(CN5CC[C@@H](N)C5)nn4)CC3)nc2c1. The Balaban J connectivity index is 1.21. The Bertz CT molecular complexity index is 957. The molecule has 2 fully saturated rings. The van der Waals surface area contributed by atoms with E-state index in [-0.39, 0.29) is 0 Å². The lowest BCUT2D eigenvalue weighted by Crippen LogP contribution is -2.35. The molecule has 8 nitrogen and oxygen atoms in total. The fourth-order valence-electron chi connectivity index (χ4n) is 4.28. The van der Waals surface area contributed by atoms with Gasteiger partial charge in [0.05, 0.1) is 17.9 Å². The van der Waals surface area contributed by atoms with Crippen molar-refractivity contribution in [3.8, 4) is 0 Å². The molecule has 0 aliphatic carbocycles. The van der Waals surface area contributed by atoms with Crippen LogP contribution in [0.4, 0.5) is 6.01 Å². The van der Waals surface area contributed by atoms with Gasteiger partial charge in [-0.05, 0) is 43.9 Å². The van der Waals surface area contributed by atoms with Crippen LogP contribution in [0.1, 0.15) is 36.6 Å². The molecule has 2 aromatic heterocycles. The second-order valence-corrected chi connectivity index (χ2v) is 8.16. The Morgan fingerprint density at radius 1 is 1.18 bits per heavy atom. The fraction of sp³-hybridized carbons (Fsp3) is 0.550. The highest BCUT2D eigenvalue weighted by atomic mass is 16.4. The minimum atomic E-state index is 0.301. The number of hydrogen-bond donors (Lipinski definition) is 1. The van der Waals surface area contributed by atoms with Crippen molar-refractivity contribution in [2.75, 3.05) is 31.1 Å². The van der Waals surface area contributed by atoms with Gasteiger partial charge in [0.15, 0.2) is 5.58 Å². The van der Waals surface area contributed by atoms with E-state index in [4.69, 9.17) is 10.2 Å². The summed E-state index contributed by atoms with van der Waals surface area (Å²) in [5.74, 6) is 0. The zero-order chi connectivity index (χ0) is 19.1. The third-order valence-corrected chi connectivity index (χ3v) is 5.89. The van der Waals surface area contributed by atoms with Gasteiger partial charge < -0.3 is 15.1 Å². The third-order valence-electron chi connectivity index (χ3n) is 5.89. The number of benzene rings is 1. The number of rotatable bonds is 4. The van der Waals surface area contributed by atoms with Gasteiger partial charge in [0.25, 0.3) is 6.01 Å². The van der Waals surface area contributed by atoms with E-state index in [0.717, 1.165) is 74.8 Å². The zero-order valence-electron chi connectivity index (χ0n) is 16.3. The Morgan fingerprint density at radius 2 is 2.04 bits per heavy atom. The van der Waals surface area contributed by atoms with E-state index < -0.39 is 0 Å². The van der Waals surface area contributed by atoms with E-state index in [1.807, 2.05) is 10.7 Å². The molecule has 4 heterocycles. The smallest absolute Gasteiger partial charge is 0.298 e. The van der Waals surface area contributed by atoms with Crippen LogP contribution in [0.25, 0.3) is 11.1 Å². The summed E-state index contributed by atoms with van der Waals surface area (Å²) in [6, 6.07) is 7.53. The average molecular weight is 381 g/mol. The highest BCUT2D eigenvalue weighted by molar-refractivity contribution is 5.75. The summed E-state index contributed by atoms with van der Waals surface area (Å²) in [6.07, 6.45) is 5.19. The lowest BCUT2D eigenvalue weighted by molar-refractivity contribution is 0.322. The summed E-state index contributed by atoms with van der Waals surface area (Å²) >= 11 is 0. The number of oxazole rings is 1. The largest absolute Gasteiger partial charge is 0.423 e. The summed E-state index contributed by atoms with van der Waals surface area (Å²) < 4.78 is 7.99. The van der Waals surface area contributed by atoms with Gasteiger partial charge in [-0.15, -0.1) is 5.10 Å². The van der Waals surface area contributed by atoms with Gasteiger partial charge in [-0.1, -0.05) is 11.3 Å². The minimum Gasteiger partial charge on any atom is -0.423 e. The first-order chi connectivity index (χ1) is 13.6. The van der Waals surface area contributed by atoms with Crippen molar-refractivity contribution >= 4 is 17.1 Å². The van der Waals surface area contributed by atoms with Gasteiger partial charge in [-0.25, -0.2) is 4.68 Å². The van der Waals surface area contributed by atoms with Gasteiger partial charge in [0, 0.05) is 38.8 Å². The predicted octanol–water partition coefficient (Wildman–Crippen LogP) is 2.10. The van der Waals surface area contributed by atoms with E-state index >= 15 is 0 Å². The molecule has 2 saturated heterocycles. The first-order valence-corrected chi connectivity index (χ1v) is 10.1. The van der Waals surface area contributed by atoms with Crippen molar-refractivity contribution in [2.45, 2.75) is 44.8 Å². The van der Waals surface area contributed by atoms with Crippen LogP contribution in [0.3, 0.4) is 0 Å². The molecule has 2 aliphatic rings. The van der Waals surface area contributed by atoms with Gasteiger partial charge >= 0.3 is 0 Å². The van der Waals surface area contributed by atoms with Crippen molar-refractivity contribution in [3.63, 3.8) is 0 Å². The van der Waals surface area contributed by atoms with Gasteiger partial charge in [0.2, 0.25) is 0 Å². The quantitative estimate of drug-likeness (QED) is 0.740. The molecule has 28 heavy (non-hydrogen) atoms. The lowest BCUT2D eigenvalue weighted by atomic mass is 10.1. The van der Waals surface area contributed by atoms with Gasteiger partial charge in [-0.3, -0.25) is 4.90 Å². The molecular formula is C20H27N7O. The second-order valence-electron chi connectivity index (χ2n) is 8.16. The molecule has 0 radical (unpaired) electrons. The van der Waals surface area contributed by atoms with E-state index in [1.54, 1.807) is 0 Å². The Hall–Kier alpha value is -2.45. The van der Waals surface area contributed by atoms with Crippen LogP contribution in [0, 0.1) is 6.92 Å². The standard InChI is InChI=1S/C20H27N7O/c1-14-2-3-19-18(10-14)22-20(28-19)26-8-5-17(6-9-26)27-13-16(23-24-27)12-25-7-4-15(21)11-25/h2-3,10,13,15,17H,4-9,11-12,21H2,1H3/t15-/m1/s1. The average Bonchev–Trinajstić information content (AvgIpc) is 3.42. The summed E-state index contributed by atoms with van der Waals surface area (Å²) in [6.45, 7) is 6.74. The number of hydrogen-bond acceptors (Lipinski definition) is 7. The lowest BCUT2D eigenvalue weighted by Gasteiger charge is -2.30. The van der Waals surface area contributed by atoms with E-state index in [1.165, 1.54) is 5.56 Å². The topological polar surface area (TPSA) is 89.2 Å². The zero-order valence-corrected chi connectivity index (χ0v) is 16.3. The molecule has 1 atom stereocenters. The molecule has 0 unspecified atom stereocenters. The molecule has 2 aliphatic heterocycles. The van der Waals surface area contributed by atoms with Crippen LogP contribution in [0.15, 0.2) is 28.8 Å². The monoisotopic (exact) mass is 381 g/mol. The molecule has 148 valence electrons. The fourth-order valence-corrected chi connectivity index (χ4v) is 4.28. The van der Waals surface area contributed by atoms with Crippen LogP contribution in [-0.4, -0.2) is 57.1 Å². The molecule has 5 rings (SSSR count). The Morgan fingerprint density at radius 3 is 2.82 bits per heavy atom. The maximum absolute atomic E-state index is 5.99. The first-order valence-electron chi connectivity index (χ1n) is 10.1. The third kappa shape index (κ3) is 3.49. The number of nitrogens with two attached hydrogens (primary N) is 1. The summed E-state index contributed by atoms with van der Waals surface area (Å²) in [5.41, 5.74) is 10.0. The van der Waals surface area contributed by atoms with Gasteiger partial charge in [0.1, 0.15) is 5.52 Å². The van der Waals surface area contributed by atoms with Crippen molar-refractivity contribution in [2.24, 2.45) is 5.73 Å². The molecule has 3 aromatic rings. The Labute approximate surface area is 164 Å². The number of aromatic nitrogens is 4. The summed E-state index contributed by atoms with van der Waals surface area (Å²) in [5, 5.41) is 8.77. The van der Waals surface area contributed by atoms with E-state index in [0.29, 0.717) is 12.1 Å². The number of likely N-dealkylation sites (tertiary alicyclic amines) is 1. The van der Waals surface area contributed by atoms with Crippen LogP contribution in [0.2, 0.25) is 0 Å².